The van der Waals surface area contributed by atoms with Crippen molar-refractivity contribution < 1.29 is 19.1 Å². The van der Waals surface area contributed by atoms with Crippen molar-refractivity contribution in [2.75, 3.05) is 19.0 Å². The zero-order valence-electron chi connectivity index (χ0n) is 12.7. The lowest BCUT2D eigenvalue weighted by atomic mass is 10.1. The fourth-order valence-electron chi connectivity index (χ4n) is 2.34. The second kappa shape index (κ2) is 6.45. The number of ether oxygens (including phenoxy) is 1. The first kappa shape index (κ1) is 16.2. The molecule has 0 aliphatic carbocycles. The van der Waals surface area contributed by atoms with Gasteiger partial charge in [0.05, 0.1) is 15.6 Å². The van der Waals surface area contributed by atoms with E-state index in [0.717, 1.165) is 9.37 Å². The number of hydrogen-bond acceptors (Lipinski definition) is 4. The number of nitrogens with zero attached hydrogens (tertiary/aromatic N) is 1. The molecule has 7 heteroatoms. The van der Waals surface area contributed by atoms with E-state index in [4.69, 9.17) is 4.74 Å². The van der Waals surface area contributed by atoms with Crippen molar-refractivity contribution in [3.05, 3.63) is 58.1 Å². The number of para-hydroxylation sites is 1. The Morgan fingerprint density at radius 3 is 2.58 bits per heavy atom. The Morgan fingerprint density at radius 2 is 1.83 bits per heavy atom. The van der Waals surface area contributed by atoms with Crippen molar-refractivity contribution in [2.24, 2.45) is 0 Å². The summed E-state index contributed by atoms with van der Waals surface area (Å²) in [5, 5.41) is 2.65. The number of hydrogen-bond donors (Lipinski definition) is 1. The second-order valence-corrected chi connectivity index (χ2v) is 6.05. The van der Waals surface area contributed by atoms with E-state index in [1.807, 2.05) is 12.1 Å². The topological polar surface area (TPSA) is 75.7 Å². The molecule has 0 bridgehead atoms. The van der Waals surface area contributed by atoms with Crippen LogP contribution in [0.15, 0.2) is 46.9 Å². The minimum atomic E-state index is -0.379. The van der Waals surface area contributed by atoms with Gasteiger partial charge in [0.25, 0.3) is 17.7 Å². The molecule has 3 amide bonds. The lowest BCUT2D eigenvalue weighted by molar-refractivity contribution is -0.118. The van der Waals surface area contributed by atoms with Crippen LogP contribution in [0.5, 0.6) is 5.75 Å². The zero-order chi connectivity index (χ0) is 17.3. The van der Waals surface area contributed by atoms with E-state index in [2.05, 4.69) is 21.2 Å². The molecule has 0 saturated heterocycles. The van der Waals surface area contributed by atoms with Crippen LogP contribution in [0.2, 0.25) is 0 Å². The molecule has 1 N–H and O–H groups in total. The Kier molecular flexibility index (Phi) is 4.35. The summed E-state index contributed by atoms with van der Waals surface area (Å²) in [5.41, 5.74) is 1.06. The highest BCUT2D eigenvalue weighted by Crippen LogP contribution is 2.25. The quantitative estimate of drug-likeness (QED) is 0.816. The van der Waals surface area contributed by atoms with Gasteiger partial charge in [0.2, 0.25) is 0 Å². The molecule has 122 valence electrons. The van der Waals surface area contributed by atoms with E-state index in [1.54, 1.807) is 18.2 Å². The molecule has 0 fully saturated rings. The van der Waals surface area contributed by atoms with Gasteiger partial charge in [-0.15, -0.1) is 0 Å². The number of nitrogens with one attached hydrogen (secondary N) is 1. The number of rotatable bonds is 4. The third-order valence-corrected chi connectivity index (χ3v) is 4.22. The van der Waals surface area contributed by atoms with Crippen LogP contribution >= 0.6 is 15.9 Å². The van der Waals surface area contributed by atoms with E-state index in [1.165, 1.54) is 19.2 Å². The first-order valence-electron chi connectivity index (χ1n) is 7.11. The maximum atomic E-state index is 12.0. The Bertz CT molecular complexity index is 850. The Morgan fingerprint density at radius 1 is 1.12 bits per heavy atom. The summed E-state index contributed by atoms with van der Waals surface area (Å²) >= 11 is 3.33. The smallest absolute Gasteiger partial charge is 0.262 e. The van der Waals surface area contributed by atoms with Crippen LogP contribution in [0.25, 0.3) is 0 Å². The number of anilines is 1. The number of fused-ring (bicyclic) bond motifs is 1. The molecule has 1 aliphatic heterocycles. The predicted molar refractivity (Wildman–Crippen MR) is 91.1 cm³/mol. The Balaban J connectivity index is 1.67. The summed E-state index contributed by atoms with van der Waals surface area (Å²) in [7, 11) is 1.43. The Hall–Kier alpha value is -2.67. The third-order valence-electron chi connectivity index (χ3n) is 3.57. The van der Waals surface area contributed by atoms with Crippen LogP contribution in [0.3, 0.4) is 0 Å². The highest BCUT2D eigenvalue weighted by atomic mass is 79.9. The molecular formula is C17H13BrN2O4. The van der Waals surface area contributed by atoms with E-state index in [0.29, 0.717) is 17.0 Å². The predicted octanol–water partition coefficient (Wildman–Crippen LogP) is 2.69. The van der Waals surface area contributed by atoms with Crippen molar-refractivity contribution >= 4 is 39.3 Å². The first-order valence-corrected chi connectivity index (χ1v) is 7.90. The summed E-state index contributed by atoms with van der Waals surface area (Å²) in [6, 6.07) is 11.8. The van der Waals surface area contributed by atoms with Gasteiger partial charge in [0.15, 0.2) is 6.61 Å². The van der Waals surface area contributed by atoms with Gasteiger partial charge in [-0.05, 0) is 46.3 Å². The molecule has 3 rings (SSSR count). The van der Waals surface area contributed by atoms with Gasteiger partial charge in [-0.1, -0.05) is 12.1 Å². The largest absolute Gasteiger partial charge is 0.483 e. The van der Waals surface area contributed by atoms with Gasteiger partial charge in [0, 0.05) is 12.7 Å². The maximum Gasteiger partial charge on any atom is 0.262 e. The fraction of sp³-hybridized carbons (Fsp3) is 0.118. The van der Waals surface area contributed by atoms with Crippen molar-refractivity contribution in [2.45, 2.75) is 0 Å². The van der Waals surface area contributed by atoms with Crippen LogP contribution in [0.1, 0.15) is 20.7 Å². The summed E-state index contributed by atoms with van der Waals surface area (Å²) in [6.45, 7) is -0.174. The molecule has 2 aromatic rings. The summed E-state index contributed by atoms with van der Waals surface area (Å²) < 4.78 is 6.18. The van der Waals surface area contributed by atoms with E-state index in [9.17, 15) is 14.4 Å². The van der Waals surface area contributed by atoms with Crippen molar-refractivity contribution in [1.29, 1.82) is 0 Å². The monoisotopic (exact) mass is 388 g/mol. The van der Waals surface area contributed by atoms with Crippen molar-refractivity contribution in [3.63, 3.8) is 0 Å². The summed E-state index contributed by atoms with van der Waals surface area (Å²) in [6.07, 6.45) is 0. The SMILES string of the molecule is CN1C(=O)c2ccc(NC(=O)COc3ccccc3Br)cc2C1=O. The molecule has 0 radical (unpaired) electrons. The van der Waals surface area contributed by atoms with Gasteiger partial charge in [-0.2, -0.15) is 0 Å². The fourth-order valence-corrected chi connectivity index (χ4v) is 2.74. The average Bonchev–Trinajstić information content (AvgIpc) is 2.78. The number of amides is 3. The molecule has 1 heterocycles. The minimum Gasteiger partial charge on any atom is -0.483 e. The van der Waals surface area contributed by atoms with Crippen LogP contribution in [0.4, 0.5) is 5.69 Å². The third kappa shape index (κ3) is 3.03. The lowest BCUT2D eigenvalue weighted by Crippen LogP contribution is -2.24. The molecule has 0 spiro atoms. The van der Waals surface area contributed by atoms with E-state index < -0.39 is 0 Å². The number of halogens is 1. The molecule has 6 nitrogen and oxygen atoms in total. The van der Waals surface area contributed by atoms with Gasteiger partial charge in [-0.25, -0.2) is 0 Å². The highest BCUT2D eigenvalue weighted by molar-refractivity contribution is 9.10. The van der Waals surface area contributed by atoms with Crippen LogP contribution in [0, 0.1) is 0 Å². The molecule has 0 atom stereocenters. The van der Waals surface area contributed by atoms with Crippen LogP contribution in [-0.2, 0) is 4.79 Å². The van der Waals surface area contributed by atoms with Crippen molar-refractivity contribution in [3.8, 4) is 5.75 Å². The first-order chi connectivity index (χ1) is 11.5. The molecule has 0 aromatic heterocycles. The molecule has 1 aliphatic rings. The molecule has 24 heavy (non-hydrogen) atoms. The summed E-state index contributed by atoms with van der Waals surface area (Å²) in [5.74, 6) is -0.527. The van der Waals surface area contributed by atoms with E-state index in [-0.39, 0.29) is 29.9 Å². The zero-order valence-corrected chi connectivity index (χ0v) is 14.3. The molecule has 0 saturated carbocycles. The average molecular weight is 389 g/mol. The minimum absolute atomic E-state index is 0.174. The van der Waals surface area contributed by atoms with E-state index >= 15 is 0 Å². The second-order valence-electron chi connectivity index (χ2n) is 5.20. The van der Waals surface area contributed by atoms with Gasteiger partial charge in [0.1, 0.15) is 5.75 Å². The number of carbonyl (C=O) groups is 3. The number of carbonyl (C=O) groups excluding carboxylic acids is 3. The van der Waals surface area contributed by atoms with Gasteiger partial charge < -0.3 is 10.1 Å². The van der Waals surface area contributed by atoms with Crippen molar-refractivity contribution in [1.82, 2.24) is 4.90 Å². The normalized spacial score (nSPS) is 13.0. The lowest BCUT2D eigenvalue weighted by Gasteiger charge is -2.09. The number of imide groups is 1. The van der Waals surface area contributed by atoms with Gasteiger partial charge >= 0.3 is 0 Å². The van der Waals surface area contributed by atoms with Crippen LogP contribution in [-0.4, -0.2) is 36.3 Å². The number of benzene rings is 2. The molecule has 0 unspecified atom stereocenters. The summed E-state index contributed by atoms with van der Waals surface area (Å²) in [4.78, 5) is 36.8. The molecular weight excluding hydrogens is 376 g/mol. The van der Waals surface area contributed by atoms with Crippen LogP contribution < -0.4 is 10.1 Å². The van der Waals surface area contributed by atoms with Gasteiger partial charge in [-0.3, -0.25) is 19.3 Å². The highest BCUT2D eigenvalue weighted by Gasteiger charge is 2.32. The Labute approximate surface area is 146 Å². The maximum absolute atomic E-state index is 12.0. The molecule has 2 aromatic carbocycles. The standard InChI is InChI=1S/C17H13BrN2O4/c1-20-16(22)11-7-6-10(8-12(11)17(20)23)19-15(21)9-24-14-5-3-2-4-13(14)18/h2-8H,9H2,1H3,(H,19,21).